The van der Waals surface area contributed by atoms with Gasteiger partial charge >= 0.3 is 0 Å². The summed E-state index contributed by atoms with van der Waals surface area (Å²) < 4.78 is 6.23. The summed E-state index contributed by atoms with van der Waals surface area (Å²) in [6.07, 6.45) is 0.707. The number of ketones is 2. The van der Waals surface area contributed by atoms with Crippen LogP contribution in [0.1, 0.15) is 42.4 Å². The number of benzene rings is 1. The summed E-state index contributed by atoms with van der Waals surface area (Å²) in [5.41, 5.74) is 3.62. The number of hydrogen-bond donors (Lipinski definition) is 1. The van der Waals surface area contributed by atoms with E-state index in [0.29, 0.717) is 17.8 Å². The van der Waals surface area contributed by atoms with Crippen molar-refractivity contribution < 1.29 is 14.3 Å². The molecule has 0 spiro atoms. The van der Waals surface area contributed by atoms with E-state index >= 15 is 0 Å². The van der Waals surface area contributed by atoms with E-state index in [0.717, 1.165) is 24.3 Å². The van der Waals surface area contributed by atoms with Crippen molar-refractivity contribution in [3.05, 3.63) is 35.0 Å². The van der Waals surface area contributed by atoms with Crippen molar-refractivity contribution >= 4 is 46.7 Å². The first-order chi connectivity index (χ1) is 14.8. The van der Waals surface area contributed by atoms with Crippen LogP contribution in [-0.4, -0.2) is 59.0 Å². The fraction of sp³-hybridized carbons (Fsp3) is 0.364. The van der Waals surface area contributed by atoms with Crippen LogP contribution in [0.5, 0.6) is 0 Å². The molecule has 0 bridgehead atoms. The van der Waals surface area contributed by atoms with Crippen LogP contribution in [0.2, 0.25) is 0 Å². The standard InChI is InChI=1S/C22H26N6O3/c1-6-27(7-2)16-8-9-17(13(3)10-16)24-22-20(15(5)29)25-21-19(14(4)26-28(21)22)18(30)11-31-12-23/h8-10,12,23H,6-7,11H2,1-5H3/b23-12?,24-22-. The highest BCUT2D eigenvalue weighted by atomic mass is 16.5. The van der Waals surface area contributed by atoms with Crippen LogP contribution in [-0.2, 0) is 9.53 Å². The van der Waals surface area contributed by atoms with E-state index in [2.05, 4.69) is 34.9 Å². The zero-order valence-electron chi connectivity index (χ0n) is 18.4. The molecule has 1 aromatic carbocycles. The van der Waals surface area contributed by atoms with Crippen LogP contribution in [0.3, 0.4) is 0 Å². The zero-order chi connectivity index (χ0) is 22.7. The SMILES string of the molecule is CCN(CC)c1ccc(/N=C2/C(C(C)=O)=Nc3c(C(=O)COC=N)c(C)nn32)c(C)c1. The van der Waals surface area contributed by atoms with E-state index in [4.69, 9.17) is 15.1 Å². The molecule has 0 fully saturated rings. The van der Waals surface area contributed by atoms with Crippen LogP contribution in [0, 0.1) is 19.3 Å². The third-order valence-electron chi connectivity index (χ3n) is 5.11. The Morgan fingerprint density at radius 2 is 1.97 bits per heavy atom. The highest BCUT2D eigenvalue weighted by Crippen LogP contribution is 2.31. The molecule has 1 aromatic heterocycles. The smallest absolute Gasteiger partial charge is 0.205 e. The maximum atomic E-state index is 12.5. The Hall–Kier alpha value is -3.62. The fourth-order valence-electron chi connectivity index (χ4n) is 3.54. The molecule has 0 saturated heterocycles. The summed E-state index contributed by atoms with van der Waals surface area (Å²) in [6.45, 7) is 10.8. The van der Waals surface area contributed by atoms with E-state index in [1.165, 1.54) is 11.6 Å². The fourth-order valence-corrected chi connectivity index (χ4v) is 3.54. The molecule has 2 heterocycles. The van der Waals surface area contributed by atoms with Gasteiger partial charge < -0.3 is 9.64 Å². The molecule has 31 heavy (non-hydrogen) atoms. The van der Waals surface area contributed by atoms with Crippen molar-refractivity contribution in [2.45, 2.75) is 34.6 Å². The van der Waals surface area contributed by atoms with Crippen molar-refractivity contribution in [2.75, 3.05) is 24.6 Å². The second-order valence-electron chi connectivity index (χ2n) is 7.14. The van der Waals surface area contributed by atoms with Crippen LogP contribution in [0.25, 0.3) is 0 Å². The summed E-state index contributed by atoms with van der Waals surface area (Å²) in [7, 11) is 0. The van der Waals surface area contributed by atoms with Crippen LogP contribution >= 0.6 is 0 Å². The molecule has 0 unspecified atom stereocenters. The van der Waals surface area contributed by atoms with Gasteiger partial charge in [-0.2, -0.15) is 9.78 Å². The molecule has 0 radical (unpaired) electrons. The van der Waals surface area contributed by atoms with Crippen molar-refractivity contribution in [2.24, 2.45) is 9.98 Å². The van der Waals surface area contributed by atoms with E-state index in [9.17, 15) is 9.59 Å². The number of nitrogens with zero attached hydrogens (tertiary/aromatic N) is 5. The molecule has 3 rings (SSSR count). The Morgan fingerprint density at radius 3 is 2.55 bits per heavy atom. The highest BCUT2D eigenvalue weighted by Gasteiger charge is 2.33. The first-order valence-electron chi connectivity index (χ1n) is 10.1. The van der Waals surface area contributed by atoms with Gasteiger partial charge in [0.15, 0.2) is 36.2 Å². The largest absolute Gasteiger partial charge is 0.476 e. The zero-order valence-corrected chi connectivity index (χ0v) is 18.4. The lowest BCUT2D eigenvalue weighted by Crippen LogP contribution is -2.25. The number of nitrogens with one attached hydrogen (secondary N) is 1. The number of carbonyl (C=O) groups is 2. The average molecular weight is 422 g/mol. The molecule has 9 nitrogen and oxygen atoms in total. The lowest BCUT2D eigenvalue weighted by atomic mass is 10.1. The third kappa shape index (κ3) is 4.16. The quantitative estimate of drug-likeness (QED) is 0.378. The van der Waals surface area contributed by atoms with Crippen LogP contribution < -0.4 is 4.90 Å². The minimum absolute atomic E-state index is 0.150. The van der Waals surface area contributed by atoms with E-state index in [1.807, 2.05) is 19.1 Å². The summed E-state index contributed by atoms with van der Waals surface area (Å²) in [4.78, 5) is 36.1. The summed E-state index contributed by atoms with van der Waals surface area (Å²) in [5, 5.41) is 11.4. The summed E-state index contributed by atoms with van der Waals surface area (Å²) in [5.74, 6) is -0.0860. The van der Waals surface area contributed by atoms with Crippen LogP contribution in [0.15, 0.2) is 28.2 Å². The monoisotopic (exact) mass is 422 g/mol. The number of hydrogen-bond acceptors (Lipinski definition) is 8. The molecule has 0 amide bonds. The lowest BCUT2D eigenvalue weighted by Gasteiger charge is -2.21. The Balaban J connectivity index is 2.08. The first kappa shape index (κ1) is 22.1. The molecule has 2 aromatic rings. The van der Waals surface area contributed by atoms with Crippen molar-refractivity contribution in [1.29, 1.82) is 5.41 Å². The van der Waals surface area contributed by atoms with Gasteiger partial charge in [0.1, 0.15) is 0 Å². The predicted molar refractivity (Wildman–Crippen MR) is 121 cm³/mol. The average Bonchev–Trinajstić information content (AvgIpc) is 3.24. The lowest BCUT2D eigenvalue weighted by molar-refractivity contribution is -0.110. The summed E-state index contributed by atoms with van der Waals surface area (Å²) in [6, 6.07) is 5.97. The maximum absolute atomic E-state index is 12.5. The third-order valence-corrected chi connectivity index (χ3v) is 5.11. The van der Waals surface area contributed by atoms with Crippen molar-refractivity contribution in [3.63, 3.8) is 0 Å². The van der Waals surface area contributed by atoms with Gasteiger partial charge in [0.2, 0.25) is 5.78 Å². The molecular weight excluding hydrogens is 396 g/mol. The number of fused-ring (bicyclic) bond motifs is 1. The number of anilines is 1. The number of aromatic nitrogens is 2. The Labute approximate surface area is 181 Å². The van der Waals surface area contributed by atoms with Gasteiger partial charge in [-0.25, -0.2) is 9.98 Å². The molecule has 1 N–H and O–H groups in total. The molecule has 9 heteroatoms. The van der Waals surface area contributed by atoms with Gasteiger partial charge in [-0.1, -0.05) is 0 Å². The number of rotatable bonds is 9. The number of aliphatic imine (C=N–C) groups is 2. The van der Waals surface area contributed by atoms with E-state index in [1.54, 1.807) is 6.92 Å². The van der Waals surface area contributed by atoms with Gasteiger partial charge in [0, 0.05) is 25.7 Å². The maximum Gasteiger partial charge on any atom is 0.205 e. The number of ether oxygens (including phenoxy) is 1. The second-order valence-corrected chi connectivity index (χ2v) is 7.14. The number of carbonyl (C=O) groups excluding carboxylic acids is 2. The Kier molecular flexibility index (Phi) is 6.43. The Morgan fingerprint density at radius 1 is 1.26 bits per heavy atom. The van der Waals surface area contributed by atoms with Crippen LogP contribution in [0.4, 0.5) is 17.2 Å². The van der Waals surface area contributed by atoms with Crippen molar-refractivity contribution in [1.82, 2.24) is 9.78 Å². The molecule has 1 aliphatic rings. The number of Topliss-reactive ketones (excluding diaryl/α,β-unsaturated/α-hetero) is 2. The van der Waals surface area contributed by atoms with E-state index < -0.39 is 0 Å². The van der Waals surface area contributed by atoms with Gasteiger partial charge in [0.25, 0.3) is 0 Å². The highest BCUT2D eigenvalue weighted by molar-refractivity contribution is 6.68. The Bertz CT molecular complexity index is 1110. The topological polar surface area (TPSA) is 113 Å². The molecule has 0 aliphatic carbocycles. The molecule has 162 valence electrons. The van der Waals surface area contributed by atoms with Gasteiger partial charge in [-0.05, 0) is 51.5 Å². The first-order valence-corrected chi connectivity index (χ1v) is 10.1. The minimum Gasteiger partial charge on any atom is -0.476 e. The normalized spacial score (nSPS) is 13.7. The molecule has 1 aliphatic heterocycles. The number of aryl methyl sites for hydroxylation is 2. The van der Waals surface area contributed by atoms with Crippen molar-refractivity contribution in [3.8, 4) is 0 Å². The second kappa shape index (κ2) is 9.03. The molecular formula is C22H26N6O3. The minimum atomic E-state index is -0.366. The van der Waals surface area contributed by atoms with E-state index in [-0.39, 0.29) is 41.1 Å². The molecule has 0 atom stereocenters. The van der Waals surface area contributed by atoms with Gasteiger partial charge in [-0.3, -0.25) is 15.0 Å². The predicted octanol–water partition coefficient (Wildman–Crippen LogP) is 3.41. The van der Waals surface area contributed by atoms with Gasteiger partial charge in [-0.15, -0.1) is 0 Å². The summed E-state index contributed by atoms with van der Waals surface area (Å²) >= 11 is 0. The van der Waals surface area contributed by atoms with Gasteiger partial charge in [0.05, 0.1) is 16.9 Å². The molecule has 0 saturated carbocycles.